The van der Waals surface area contributed by atoms with Crippen molar-refractivity contribution in [1.82, 2.24) is 4.90 Å². The predicted molar refractivity (Wildman–Crippen MR) is 84.0 cm³/mol. The monoisotopic (exact) mass is 269 g/mol. The molecule has 2 heteroatoms. The average molecular weight is 269 g/mol. The summed E-state index contributed by atoms with van der Waals surface area (Å²) in [4.78, 5) is 2.38. The molecule has 0 aromatic heterocycles. The minimum absolute atomic E-state index is 0.216. The van der Waals surface area contributed by atoms with Gasteiger partial charge in [0.15, 0.2) is 0 Å². The molecular formula is C18H23NO. The summed E-state index contributed by atoms with van der Waals surface area (Å²) < 4.78 is 0. The van der Waals surface area contributed by atoms with Gasteiger partial charge in [-0.1, -0.05) is 42.5 Å². The van der Waals surface area contributed by atoms with Crippen molar-refractivity contribution in [2.24, 2.45) is 0 Å². The van der Waals surface area contributed by atoms with E-state index in [1.54, 1.807) is 0 Å². The minimum Gasteiger partial charge on any atom is -0.392 e. The summed E-state index contributed by atoms with van der Waals surface area (Å²) in [6, 6.07) is 15.5. The number of β-amino-alcohol motifs (C(OH)–C–C–N with tert-alkyl or cyclic N) is 1. The molecule has 1 fully saturated rings. The number of hydrogen-bond donors (Lipinski definition) is 1. The Kier molecular flexibility index (Phi) is 4.04. The van der Waals surface area contributed by atoms with Crippen LogP contribution < -0.4 is 0 Å². The van der Waals surface area contributed by atoms with Crippen molar-refractivity contribution < 1.29 is 5.11 Å². The van der Waals surface area contributed by atoms with Crippen molar-refractivity contribution in [3.05, 3.63) is 48.0 Å². The lowest BCUT2D eigenvalue weighted by atomic mass is 9.88. The van der Waals surface area contributed by atoms with Crippen LogP contribution in [-0.4, -0.2) is 35.7 Å². The molecule has 1 aliphatic heterocycles. The molecule has 2 nitrogen and oxygen atoms in total. The van der Waals surface area contributed by atoms with Crippen LogP contribution in [0.15, 0.2) is 42.5 Å². The number of nitrogens with zero attached hydrogens (tertiary/aromatic N) is 1. The van der Waals surface area contributed by atoms with Gasteiger partial charge < -0.3 is 10.0 Å². The van der Waals surface area contributed by atoms with Gasteiger partial charge in [0.05, 0.1) is 6.10 Å². The molecule has 0 bridgehead atoms. The van der Waals surface area contributed by atoms with E-state index in [4.69, 9.17) is 0 Å². The third-order valence-corrected chi connectivity index (χ3v) is 4.35. The Morgan fingerprint density at radius 3 is 2.50 bits per heavy atom. The van der Waals surface area contributed by atoms with Crippen LogP contribution in [0.5, 0.6) is 0 Å². The normalized spacial score (nSPS) is 19.3. The van der Waals surface area contributed by atoms with Crippen LogP contribution in [-0.2, 0) is 0 Å². The maximum Gasteiger partial charge on any atom is 0.0639 e. The molecule has 0 aliphatic carbocycles. The first-order chi connectivity index (χ1) is 9.72. The number of benzene rings is 2. The summed E-state index contributed by atoms with van der Waals surface area (Å²) in [5.41, 5.74) is 1.47. The molecule has 106 valence electrons. The maximum atomic E-state index is 9.46. The van der Waals surface area contributed by atoms with E-state index in [0.717, 1.165) is 19.6 Å². The van der Waals surface area contributed by atoms with E-state index in [1.165, 1.54) is 29.2 Å². The molecule has 1 N–H and O–H groups in total. The fourth-order valence-electron chi connectivity index (χ4n) is 3.28. The first-order valence-electron chi connectivity index (χ1n) is 7.61. The zero-order chi connectivity index (χ0) is 13.9. The van der Waals surface area contributed by atoms with Gasteiger partial charge in [-0.2, -0.15) is 0 Å². The van der Waals surface area contributed by atoms with E-state index in [2.05, 4.69) is 47.4 Å². The highest BCUT2D eigenvalue weighted by atomic mass is 16.3. The smallest absolute Gasteiger partial charge is 0.0639 e. The fraction of sp³-hybridized carbons (Fsp3) is 0.444. The van der Waals surface area contributed by atoms with Crippen LogP contribution in [0, 0.1) is 0 Å². The molecule has 2 aromatic rings. The van der Waals surface area contributed by atoms with Crippen molar-refractivity contribution in [2.45, 2.75) is 31.8 Å². The minimum atomic E-state index is -0.216. The number of hydrogen-bond acceptors (Lipinski definition) is 2. The van der Waals surface area contributed by atoms with Crippen LogP contribution in [0.4, 0.5) is 0 Å². The maximum absolute atomic E-state index is 9.46. The summed E-state index contributed by atoms with van der Waals surface area (Å²) in [6.07, 6.45) is 2.18. The van der Waals surface area contributed by atoms with E-state index in [-0.39, 0.29) is 6.10 Å². The Hall–Kier alpha value is -1.38. The number of piperidine rings is 1. The van der Waals surface area contributed by atoms with E-state index >= 15 is 0 Å². The Labute approximate surface area is 121 Å². The highest BCUT2D eigenvalue weighted by Crippen LogP contribution is 2.30. The Morgan fingerprint density at radius 1 is 1.10 bits per heavy atom. The molecule has 1 heterocycles. The molecule has 3 rings (SSSR count). The molecule has 2 aromatic carbocycles. The standard InChI is InChI=1S/C18H23NO/c1-14(20)13-19-10-8-16(9-11-19)18-7-6-15-4-2-3-5-17(15)12-18/h2-7,12,14,16,20H,8-11,13H2,1H3. The average Bonchev–Trinajstić information content (AvgIpc) is 2.47. The molecular weight excluding hydrogens is 246 g/mol. The van der Waals surface area contributed by atoms with Crippen LogP contribution in [0.1, 0.15) is 31.2 Å². The van der Waals surface area contributed by atoms with E-state index in [1.807, 2.05) is 6.92 Å². The number of aliphatic hydroxyl groups excluding tert-OH is 1. The van der Waals surface area contributed by atoms with Gasteiger partial charge in [0, 0.05) is 6.54 Å². The third-order valence-electron chi connectivity index (χ3n) is 4.35. The second-order valence-corrected chi connectivity index (χ2v) is 6.03. The second kappa shape index (κ2) is 5.94. The lowest BCUT2D eigenvalue weighted by Gasteiger charge is -2.32. The molecule has 0 spiro atoms. The van der Waals surface area contributed by atoms with Gasteiger partial charge in [0.1, 0.15) is 0 Å². The summed E-state index contributed by atoms with van der Waals surface area (Å²) in [5, 5.41) is 12.1. The van der Waals surface area contributed by atoms with Crippen molar-refractivity contribution in [3.8, 4) is 0 Å². The van der Waals surface area contributed by atoms with Crippen LogP contribution in [0.25, 0.3) is 10.8 Å². The largest absolute Gasteiger partial charge is 0.392 e. The van der Waals surface area contributed by atoms with E-state index in [0.29, 0.717) is 5.92 Å². The molecule has 1 aliphatic rings. The summed E-state index contributed by atoms with van der Waals surface area (Å²) in [7, 11) is 0. The van der Waals surface area contributed by atoms with Gasteiger partial charge in [-0.3, -0.25) is 0 Å². The molecule has 0 saturated carbocycles. The second-order valence-electron chi connectivity index (χ2n) is 6.03. The third kappa shape index (κ3) is 3.02. The lowest BCUT2D eigenvalue weighted by Crippen LogP contribution is -2.37. The van der Waals surface area contributed by atoms with Gasteiger partial charge in [0.2, 0.25) is 0 Å². The molecule has 1 saturated heterocycles. The van der Waals surface area contributed by atoms with Gasteiger partial charge in [-0.25, -0.2) is 0 Å². The van der Waals surface area contributed by atoms with Crippen molar-refractivity contribution >= 4 is 10.8 Å². The summed E-state index contributed by atoms with van der Waals surface area (Å²) >= 11 is 0. The SMILES string of the molecule is CC(O)CN1CCC(c2ccc3ccccc3c2)CC1. The Balaban J connectivity index is 1.70. The fourth-order valence-corrected chi connectivity index (χ4v) is 3.28. The van der Waals surface area contributed by atoms with Crippen molar-refractivity contribution in [2.75, 3.05) is 19.6 Å². The molecule has 0 radical (unpaired) electrons. The highest BCUT2D eigenvalue weighted by Gasteiger charge is 2.21. The first kappa shape index (κ1) is 13.6. The van der Waals surface area contributed by atoms with E-state index in [9.17, 15) is 5.11 Å². The van der Waals surface area contributed by atoms with Crippen LogP contribution >= 0.6 is 0 Å². The van der Waals surface area contributed by atoms with Crippen molar-refractivity contribution in [3.63, 3.8) is 0 Å². The predicted octanol–water partition coefficient (Wildman–Crippen LogP) is 3.40. The van der Waals surface area contributed by atoms with Crippen LogP contribution in [0.2, 0.25) is 0 Å². The molecule has 0 amide bonds. The number of fused-ring (bicyclic) bond motifs is 1. The Morgan fingerprint density at radius 2 is 1.80 bits per heavy atom. The van der Waals surface area contributed by atoms with Crippen LogP contribution in [0.3, 0.4) is 0 Å². The topological polar surface area (TPSA) is 23.5 Å². The lowest BCUT2D eigenvalue weighted by molar-refractivity contribution is 0.109. The number of aliphatic hydroxyl groups is 1. The Bertz CT molecular complexity index is 570. The van der Waals surface area contributed by atoms with Gasteiger partial charge in [0.25, 0.3) is 0 Å². The quantitative estimate of drug-likeness (QED) is 0.923. The zero-order valence-corrected chi connectivity index (χ0v) is 12.1. The van der Waals surface area contributed by atoms with E-state index < -0.39 is 0 Å². The van der Waals surface area contributed by atoms with Gasteiger partial charge in [-0.05, 0) is 55.1 Å². The first-order valence-corrected chi connectivity index (χ1v) is 7.61. The summed E-state index contributed by atoms with van der Waals surface area (Å²) in [5.74, 6) is 0.671. The number of rotatable bonds is 3. The molecule has 1 atom stereocenters. The number of likely N-dealkylation sites (tertiary alicyclic amines) is 1. The van der Waals surface area contributed by atoms with Gasteiger partial charge >= 0.3 is 0 Å². The molecule has 20 heavy (non-hydrogen) atoms. The summed E-state index contributed by atoms with van der Waals surface area (Å²) in [6.45, 7) is 4.88. The highest BCUT2D eigenvalue weighted by molar-refractivity contribution is 5.83. The van der Waals surface area contributed by atoms with Gasteiger partial charge in [-0.15, -0.1) is 0 Å². The molecule has 1 unspecified atom stereocenters. The zero-order valence-electron chi connectivity index (χ0n) is 12.1. The van der Waals surface area contributed by atoms with Crippen molar-refractivity contribution in [1.29, 1.82) is 0 Å².